The minimum atomic E-state index is -0.114. The molecule has 0 spiro atoms. The van der Waals surface area contributed by atoms with Crippen molar-refractivity contribution in [2.24, 2.45) is 56.7 Å². The summed E-state index contributed by atoms with van der Waals surface area (Å²) in [5, 5.41) is 10.9. The number of aliphatic hydroxyl groups excluding tert-OH is 1. The average Bonchev–Trinajstić information content (AvgIpc) is 3.06. The summed E-state index contributed by atoms with van der Waals surface area (Å²) in [6.45, 7) is 22.3. The molecule has 176 valence electrons. The van der Waals surface area contributed by atoms with Gasteiger partial charge >= 0.3 is 0 Å². The van der Waals surface area contributed by atoms with Crippen molar-refractivity contribution >= 4 is 0 Å². The van der Waals surface area contributed by atoms with Crippen molar-refractivity contribution in [1.82, 2.24) is 0 Å². The van der Waals surface area contributed by atoms with Crippen LogP contribution in [-0.4, -0.2) is 11.2 Å². The molecule has 0 aliphatic heterocycles. The first kappa shape index (κ1) is 22.5. The predicted molar refractivity (Wildman–Crippen MR) is 131 cm³/mol. The van der Waals surface area contributed by atoms with Crippen molar-refractivity contribution in [2.45, 2.75) is 119 Å². The molecule has 0 aromatic carbocycles. The first-order valence-corrected chi connectivity index (χ1v) is 13.6. The summed E-state index contributed by atoms with van der Waals surface area (Å²) in [5.41, 5.74) is 3.39. The van der Waals surface area contributed by atoms with Crippen molar-refractivity contribution in [3.05, 3.63) is 12.2 Å². The van der Waals surface area contributed by atoms with Crippen molar-refractivity contribution in [3.8, 4) is 0 Å². The van der Waals surface area contributed by atoms with Crippen LogP contribution in [0.25, 0.3) is 0 Å². The largest absolute Gasteiger partial charge is 0.393 e. The highest BCUT2D eigenvalue weighted by molar-refractivity contribution is 5.21. The van der Waals surface area contributed by atoms with E-state index in [9.17, 15) is 5.11 Å². The molecule has 0 unspecified atom stereocenters. The summed E-state index contributed by atoms with van der Waals surface area (Å²) in [4.78, 5) is 0. The van der Waals surface area contributed by atoms with E-state index in [1.54, 1.807) is 0 Å². The molecule has 0 bridgehead atoms. The van der Waals surface area contributed by atoms with Gasteiger partial charge in [-0.1, -0.05) is 53.7 Å². The molecule has 0 amide bonds. The lowest BCUT2D eigenvalue weighted by atomic mass is 9.33. The Balaban J connectivity index is 1.54. The van der Waals surface area contributed by atoms with Crippen LogP contribution in [0.2, 0.25) is 0 Å². The minimum absolute atomic E-state index is 0.0707. The highest BCUT2D eigenvalue weighted by Crippen LogP contribution is 2.77. The van der Waals surface area contributed by atoms with E-state index in [0.29, 0.717) is 27.6 Å². The normalized spacial score (nSPS) is 57.9. The van der Waals surface area contributed by atoms with E-state index in [4.69, 9.17) is 0 Å². The lowest BCUT2D eigenvalue weighted by molar-refractivity contribution is -0.236. The second-order valence-electron chi connectivity index (χ2n) is 14.7. The van der Waals surface area contributed by atoms with Crippen molar-refractivity contribution in [3.63, 3.8) is 0 Å². The number of allylic oxidation sites excluding steroid dienone is 1. The maximum absolute atomic E-state index is 10.9. The summed E-state index contributed by atoms with van der Waals surface area (Å²) in [7, 11) is 0. The lowest BCUT2D eigenvalue weighted by Gasteiger charge is -2.72. The lowest BCUT2D eigenvalue weighted by Crippen LogP contribution is -2.65. The third-order valence-corrected chi connectivity index (χ3v) is 13.4. The molecule has 0 aromatic heterocycles. The van der Waals surface area contributed by atoms with Gasteiger partial charge in [0.1, 0.15) is 0 Å². The molecule has 1 N–H and O–H groups in total. The number of aliphatic hydroxyl groups is 1. The fraction of sp³-hybridized carbons (Fsp3) is 0.933. The molecule has 0 saturated heterocycles. The van der Waals surface area contributed by atoms with Gasteiger partial charge < -0.3 is 5.11 Å². The van der Waals surface area contributed by atoms with E-state index in [1.165, 1.54) is 63.4 Å². The molecule has 1 heteroatoms. The number of rotatable bonds is 1. The van der Waals surface area contributed by atoms with Crippen LogP contribution >= 0.6 is 0 Å². The molecule has 0 radical (unpaired) electrons. The number of fused-ring (bicyclic) bond motifs is 7. The minimum Gasteiger partial charge on any atom is -0.393 e. The molecule has 5 aliphatic carbocycles. The zero-order valence-electron chi connectivity index (χ0n) is 21.7. The van der Waals surface area contributed by atoms with E-state index in [2.05, 4.69) is 55.0 Å². The van der Waals surface area contributed by atoms with Crippen LogP contribution < -0.4 is 0 Å². The quantitative estimate of drug-likeness (QED) is 0.421. The molecule has 0 heterocycles. The van der Waals surface area contributed by atoms with Gasteiger partial charge in [-0.05, 0) is 128 Å². The van der Waals surface area contributed by atoms with Gasteiger partial charge in [-0.3, -0.25) is 0 Å². The fourth-order valence-corrected chi connectivity index (χ4v) is 11.5. The molecule has 31 heavy (non-hydrogen) atoms. The van der Waals surface area contributed by atoms with Crippen LogP contribution in [0.15, 0.2) is 12.2 Å². The number of hydrogen-bond acceptors (Lipinski definition) is 1. The summed E-state index contributed by atoms with van der Waals surface area (Å²) in [5.74, 6) is 3.97. The molecular formula is C30H50O. The monoisotopic (exact) mass is 426 g/mol. The molecule has 5 saturated carbocycles. The van der Waals surface area contributed by atoms with E-state index in [1.807, 2.05) is 0 Å². The Bertz CT molecular complexity index is 766. The van der Waals surface area contributed by atoms with E-state index in [-0.39, 0.29) is 11.5 Å². The van der Waals surface area contributed by atoms with Gasteiger partial charge in [0.2, 0.25) is 0 Å². The molecule has 10 atom stereocenters. The van der Waals surface area contributed by atoms with Crippen molar-refractivity contribution < 1.29 is 5.11 Å². The highest BCUT2D eigenvalue weighted by atomic mass is 16.3. The zero-order chi connectivity index (χ0) is 22.6. The average molecular weight is 427 g/mol. The van der Waals surface area contributed by atoms with E-state index in [0.717, 1.165) is 30.1 Å². The summed E-state index contributed by atoms with van der Waals surface area (Å²) in [6, 6.07) is 0. The van der Waals surface area contributed by atoms with E-state index < -0.39 is 0 Å². The maximum atomic E-state index is 10.9. The van der Waals surface area contributed by atoms with Gasteiger partial charge in [-0.15, -0.1) is 0 Å². The molecular weight excluding hydrogens is 376 g/mol. The number of hydrogen-bond donors (Lipinski definition) is 1. The Kier molecular flexibility index (Phi) is 4.82. The Morgan fingerprint density at radius 1 is 0.742 bits per heavy atom. The maximum Gasteiger partial charge on any atom is 0.0594 e. The Hall–Kier alpha value is -0.300. The standard InChI is InChI=1S/C30H50O/c1-19(2)20-11-14-27(5)17-18-29(7)22-9-10-23-26(3,4)24(31)13-15-28(23,6)21(22)12-16-30(29,8)25(20)27/h20-25,31H,1,9-18H2,2-8H3/t20-,21-,22+,23-,24-,25-,27+,28+,29-,30+/m0/s1. The summed E-state index contributed by atoms with van der Waals surface area (Å²) in [6.07, 6.45) is 13.4. The SMILES string of the molecule is C=C(C)[C@@H]1CC[C@]2(C)CC[C@@]3(C)[C@@H]4CC[C@H]5C(C)(C)[C@@H](O)CC[C@]5(C)[C@H]4CC[C@]3(C)[C@@H]12. The van der Waals surface area contributed by atoms with Gasteiger partial charge in [0.15, 0.2) is 0 Å². The smallest absolute Gasteiger partial charge is 0.0594 e. The summed E-state index contributed by atoms with van der Waals surface area (Å²) >= 11 is 0. The second kappa shape index (κ2) is 6.64. The van der Waals surface area contributed by atoms with Crippen LogP contribution in [0, 0.1) is 56.7 Å². The topological polar surface area (TPSA) is 20.2 Å². The third-order valence-electron chi connectivity index (χ3n) is 13.4. The molecule has 5 aliphatic rings. The van der Waals surface area contributed by atoms with Crippen LogP contribution in [0.5, 0.6) is 0 Å². The van der Waals surface area contributed by atoms with Crippen LogP contribution in [-0.2, 0) is 0 Å². The van der Waals surface area contributed by atoms with E-state index >= 15 is 0 Å². The Labute approximate surface area is 192 Å². The molecule has 0 aromatic rings. The molecule has 5 rings (SSSR count). The van der Waals surface area contributed by atoms with Crippen molar-refractivity contribution in [1.29, 1.82) is 0 Å². The van der Waals surface area contributed by atoms with Gasteiger partial charge in [-0.25, -0.2) is 0 Å². The van der Waals surface area contributed by atoms with Gasteiger partial charge in [0.25, 0.3) is 0 Å². The van der Waals surface area contributed by atoms with Crippen LogP contribution in [0.3, 0.4) is 0 Å². The van der Waals surface area contributed by atoms with Gasteiger partial charge in [0.05, 0.1) is 6.10 Å². The van der Waals surface area contributed by atoms with Crippen LogP contribution in [0.4, 0.5) is 0 Å². The Morgan fingerprint density at radius 3 is 2.13 bits per heavy atom. The van der Waals surface area contributed by atoms with Gasteiger partial charge in [-0.2, -0.15) is 0 Å². The first-order chi connectivity index (χ1) is 14.3. The van der Waals surface area contributed by atoms with Gasteiger partial charge in [0, 0.05) is 0 Å². The first-order valence-electron chi connectivity index (χ1n) is 13.6. The molecule has 5 fully saturated rings. The summed E-state index contributed by atoms with van der Waals surface area (Å²) < 4.78 is 0. The Morgan fingerprint density at radius 2 is 1.45 bits per heavy atom. The van der Waals surface area contributed by atoms with Crippen molar-refractivity contribution in [2.75, 3.05) is 0 Å². The fourth-order valence-electron chi connectivity index (χ4n) is 11.5. The highest BCUT2D eigenvalue weighted by Gasteiger charge is 2.70. The van der Waals surface area contributed by atoms with Crippen LogP contribution in [0.1, 0.15) is 113 Å². The second-order valence-corrected chi connectivity index (χ2v) is 14.7. The predicted octanol–water partition coefficient (Wildman–Crippen LogP) is 8.02. The molecule has 1 nitrogen and oxygen atoms in total. The third kappa shape index (κ3) is 2.65. The zero-order valence-corrected chi connectivity index (χ0v) is 21.7.